The average molecular weight is 594 g/mol. The predicted octanol–water partition coefficient (Wildman–Crippen LogP) is 5.66. The summed E-state index contributed by atoms with van der Waals surface area (Å²) in [5.41, 5.74) is 2.82. The lowest BCUT2D eigenvalue weighted by atomic mass is 9.95. The summed E-state index contributed by atoms with van der Waals surface area (Å²) in [6.07, 6.45) is -3.49. The predicted molar refractivity (Wildman–Crippen MR) is 129 cm³/mol. The van der Waals surface area contributed by atoms with Gasteiger partial charge in [0.05, 0.1) is 16.8 Å². The number of nitrogens with zero attached hydrogens (tertiary/aromatic N) is 4. The molecular formula is C24H18F3IN4O3. The van der Waals surface area contributed by atoms with Crippen LogP contribution >= 0.6 is 22.6 Å². The van der Waals surface area contributed by atoms with Gasteiger partial charge < -0.3 is 14.4 Å². The highest BCUT2D eigenvalue weighted by Crippen LogP contribution is 2.35. The van der Waals surface area contributed by atoms with Crippen LogP contribution in [0.5, 0.6) is 5.75 Å². The van der Waals surface area contributed by atoms with Crippen molar-refractivity contribution in [2.24, 2.45) is 0 Å². The molecule has 0 N–H and O–H groups in total. The van der Waals surface area contributed by atoms with Crippen molar-refractivity contribution in [2.45, 2.75) is 18.9 Å². The molecule has 11 heteroatoms. The topological polar surface area (TPSA) is 69.5 Å². The van der Waals surface area contributed by atoms with Crippen LogP contribution in [0.3, 0.4) is 0 Å². The van der Waals surface area contributed by atoms with Gasteiger partial charge in [0.1, 0.15) is 12.4 Å². The highest BCUT2D eigenvalue weighted by Gasteiger charge is 2.37. The Morgan fingerprint density at radius 2 is 1.77 bits per heavy atom. The maximum Gasteiger partial charge on any atom is 0.573 e. The second-order valence-electron chi connectivity index (χ2n) is 7.97. The zero-order valence-corrected chi connectivity index (χ0v) is 20.2. The molecule has 0 spiro atoms. The second-order valence-corrected chi connectivity index (χ2v) is 9.13. The number of amides is 1. The molecule has 1 fully saturated rings. The molecule has 5 rings (SSSR count). The van der Waals surface area contributed by atoms with Crippen LogP contribution in [0, 0.1) is 3.57 Å². The summed E-state index contributed by atoms with van der Waals surface area (Å²) in [4.78, 5) is 18.5. The first-order valence-corrected chi connectivity index (χ1v) is 11.7. The molecule has 35 heavy (non-hydrogen) atoms. The van der Waals surface area contributed by atoms with Crippen molar-refractivity contribution in [3.8, 4) is 11.4 Å². The summed E-state index contributed by atoms with van der Waals surface area (Å²) in [7, 11) is 0. The minimum atomic E-state index is -4.76. The van der Waals surface area contributed by atoms with Crippen LogP contribution in [-0.4, -0.2) is 45.2 Å². The molecular weight excluding hydrogens is 576 g/mol. The summed E-state index contributed by atoms with van der Waals surface area (Å²) in [6.45, 7) is 1.10. The molecule has 0 unspecified atom stereocenters. The van der Waals surface area contributed by atoms with Crippen molar-refractivity contribution in [3.05, 3.63) is 81.7 Å². The van der Waals surface area contributed by atoms with Gasteiger partial charge in [-0.3, -0.25) is 0 Å². The van der Waals surface area contributed by atoms with Crippen molar-refractivity contribution >= 4 is 39.7 Å². The fourth-order valence-corrected chi connectivity index (χ4v) is 4.57. The number of benzene rings is 2. The fourth-order valence-electron chi connectivity index (χ4n) is 3.90. The highest BCUT2D eigenvalue weighted by molar-refractivity contribution is 14.1. The Morgan fingerprint density at radius 1 is 1.06 bits per heavy atom. The Bertz CT molecular complexity index is 1350. The van der Waals surface area contributed by atoms with Crippen LogP contribution in [0.4, 0.5) is 18.0 Å². The van der Waals surface area contributed by atoms with E-state index in [1.807, 2.05) is 36.4 Å². The van der Waals surface area contributed by atoms with Gasteiger partial charge in [-0.1, -0.05) is 30.3 Å². The third-order valence-electron chi connectivity index (χ3n) is 5.59. The van der Waals surface area contributed by atoms with Crippen LogP contribution in [0.2, 0.25) is 0 Å². The van der Waals surface area contributed by atoms with E-state index < -0.39 is 6.36 Å². The number of rotatable bonds is 5. The minimum absolute atomic E-state index is 0.0198. The molecule has 2 aromatic carbocycles. The van der Waals surface area contributed by atoms with Gasteiger partial charge in [0.15, 0.2) is 5.65 Å². The van der Waals surface area contributed by atoms with Crippen molar-refractivity contribution in [2.75, 3.05) is 13.1 Å². The van der Waals surface area contributed by atoms with Crippen LogP contribution in [0.15, 0.2) is 66.9 Å². The molecule has 0 radical (unpaired) electrons. The summed E-state index contributed by atoms with van der Waals surface area (Å²) in [6, 6.07) is 16.8. The zero-order chi connectivity index (χ0) is 24.6. The molecule has 0 aliphatic carbocycles. The molecule has 7 nitrogen and oxygen atoms in total. The quantitative estimate of drug-likeness (QED) is 0.279. The lowest BCUT2D eigenvalue weighted by molar-refractivity contribution is -0.274. The van der Waals surface area contributed by atoms with Crippen LogP contribution in [-0.2, 0) is 11.3 Å². The van der Waals surface area contributed by atoms with Gasteiger partial charge in [-0.25, -0.2) is 14.5 Å². The number of aromatic nitrogens is 3. The largest absolute Gasteiger partial charge is 0.573 e. The highest BCUT2D eigenvalue weighted by atomic mass is 127. The number of fused-ring (bicyclic) bond motifs is 1. The minimum Gasteiger partial charge on any atom is -0.445 e. The molecule has 1 saturated heterocycles. The van der Waals surface area contributed by atoms with Gasteiger partial charge in [-0.15, -0.1) is 13.2 Å². The van der Waals surface area contributed by atoms with E-state index in [9.17, 15) is 18.0 Å². The zero-order valence-electron chi connectivity index (χ0n) is 18.1. The van der Waals surface area contributed by atoms with Crippen LogP contribution < -0.4 is 4.74 Å². The summed E-state index contributed by atoms with van der Waals surface area (Å²) >= 11 is 2.21. The monoisotopic (exact) mass is 594 g/mol. The summed E-state index contributed by atoms with van der Waals surface area (Å²) < 4.78 is 49.4. The van der Waals surface area contributed by atoms with Gasteiger partial charge >= 0.3 is 12.5 Å². The number of halogens is 4. The third-order valence-corrected chi connectivity index (χ3v) is 6.49. The van der Waals surface area contributed by atoms with E-state index in [1.165, 1.54) is 24.3 Å². The Kier molecular flexibility index (Phi) is 6.26. The van der Waals surface area contributed by atoms with Crippen LogP contribution in [0.1, 0.15) is 17.2 Å². The number of hydrogen-bond donors (Lipinski definition) is 0. The molecule has 0 saturated carbocycles. The number of carbonyl (C=O) groups excluding carboxylic acids is 1. The van der Waals surface area contributed by atoms with Crippen LogP contribution in [0.25, 0.3) is 16.7 Å². The van der Waals surface area contributed by atoms with E-state index in [1.54, 1.807) is 15.8 Å². The van der Waals surface area contributed by atoms with Gasteiger partial charge in [-0.2, -0.15) is 5.10 Å². The Labute approximate surface area is 211 Å². The Balaban J connectivity index is 1.34. The number of carbonyl (C=O) groups is 1. The molecule has 3 heterocycles. The van der Waals surface area contributed by atoms with Gasteiger partial charge in [0.25, 0.3) is 0 Å². The van der Waals surface area contributed by atoms with Crippen molar-refractivity contribution in [1.29, 1.82) is 0 Å². The normalized spacial score (nSPS) is 14.1. The number of likely N-dealkylation sites (tertiary alicyclic amines) is 1. The Morgan fingerprint density at radius 3 is 2.46 bits per heavy atom. The lowest BCUT2D eigenvalue weighted by Gasteiger charge is -2.37. The molecule has 180 valence electrons. The average Bonchev–Trinajstić information content (AvgIpc) is 3.17. The standard InChI is InChI=1S/C24H18F3IN4O3/c25-24(26,27)35-18-8-6-17(7-9-18)32-22-20(19(28)10-11-29-22)21(30-32)16-12-31(13-16)23(33)34-14-15-4-2-1-3-5-15/h1-11,16H,12-14H2. The molecule has 2 aromatic heterocycles. The summed E-state index contributed by atoms with van der Waals surface area (Å²) in [5.74, 6) is -0.335. The molecule has 4 aromatic rings. The molecule has 1 amide bonds. The SMILES string of the molecule is O=C(OCc1ccccc1)N1CC(c2nn(-c3ccc(OC(F)(F)F)cc3)c3nccc(I)c23)C1. The number of hydrogen-bond acceptors (Lipinski definition) is 5. The first-order valence-electron chi connectivity index (χ1n) is 10.6. The van der Waals surface area contributed by atoms with Gasteiger partial charge in [-0.05, 0) is 58.5 Å². The van der Waals surface area contributed by atoms with E-state index >= 15 is 0 Å². The van der Waals surface area contributed by atoms with E-state index in [0.29, 0.717) is 24.4 Å². The van der Waals surface area contributed by atoms with Crippen molar-refractivity contribution in [1.82, 2.24) is 19.7 Å². The molecule has 0 bridgehead atoms. The maximum absolute atomic E-state index is 12.5. The number of alkyl halides is 3. The fraction of sp³-hybridized carbons (Fsp3) is 0.208. The first-order chi connectivity index (χ1) is 16.8. The van der Waals surface area contributed by atoms with E-state index in [-0.39, 0.29) is 24.4 Å². The van der Waals surface area contributed by atoms with Crippen molar-refractivity contribution in [3.63, 3.8) is 0 Å². The van der Waals surface area contributed by atoms with Gasteiger partial charge in [0, 0.05) is 28.8 Å². The second kappa shape index (κ2) is 9.36. The first kappa shape index (κ1) is 23.4. The van der Waals surface area contributed by atoms with E-state index in [0.717, 1.165) is 20.2 Å². The molecule has 0 atom stereocenters. The smallest absolute Gasteiger partial charge is 0.445 e. The van der Waals surface area contributed by atoms with Crippen molar-refractivity contribution < 1.29 is 27.4 Å². The molecule has 1 aliphatic rings. The molecule has 1 aliphatic heterocycles. The third kappa shape index (κ3) is 5.04. The maximum atomic E-state index is 12.5. The Hall–Kier alpha value is -3.35. The number of ether oxygens (including phenoxy) is 2. The van der Waals surface area contributed by atoms with E-state index in [4.69, 9.17) is 9.84 Å². The summed E-state index contributed by atoms with van der Waals surface area (Å²) in [5, 5.41) is 5.59. The van der Waals surface area contributed by atoms with Gasteiger partial charge in [0.2, 0.25) is 0 Å². The lowest BCUT2D eigenvalue weighted by Crippen LogP contribution is -2.48. The number of pyridine rings is 1. The van der Waals surface area contributed by atoms with E-state index in [2.05, 4.69) is 32.3 Å².